The van der Waals surface area contributed by atoms with E-state index in [9.17, 15) is 0 Å². The summed E-state index contributed by atoms with van der Waals surface area (Å²) in [5, 5.41) is 0. The fraction of sp³-hybridized carbons (Fsp3) is 0.625. The van der Waals surface area contributed by atoms with E-state index in [0.29, 0.717) is 6.10 Å². The van der Waals surface area contributed by atoms with Gasteiger partial charge in [0.1, 0.15) is 0 Å². The third kappa shape index (κ3) is 2.93. The molecule has 0 radical (unpaired) electrons. The molecular formula is C16H24N2O. The molecule has 104 valence electrons. The topological polar surface area (TPSA) is 38.5 Å². The van der Waals surface area contributed by atoms with E-state index >= 15 is 0 Å². The van der Waals surface area contributed by atoms with Crippen molar-refractivity contribution in [2.24, 2.45) is 5.73 Å². The molecule has 2 unspecified atom stereocenters. The van der Waals surface area contributed by atoms with Crippen molar-refractivity contribution in [1.82, 2.24) is 0 Å². The van der Waals surface area contributed by atoms with E-state index < -0.39 is 0 Å². The lowest BCUT2D eigenvalue weighted by Gasteiger charge is -2.26. The second-order valence-corrected chi connectivity index (χ2v) is 5.72. The van der Waals surface area contributed by atoms with Gasteiger partial charge in [-0.1, -0.05) is 18.2 Å². The molecular weight excluding hydrogens is 236 g/mol. The van der Waals surface area contributed by atoms with Gasteiger partial charge in [-0.3, -0.25) is 0 Å². The Kier molecular flexibility index (Phi) is 4.04. The molecule has 3 rings (SSSR count). The van der Waals surface area contributed by atoms with E-state index in [1.165, 1.54) is 30.5 Å². The van der Waals surface area contributed by atoms with Crippen LogP contribution in [0.2, 0.25) is 0 Å². The number of para-hydroxylation sites is 1. The van der Waals surface area contributed by atoms with Crippen LogP contribution in [-0.4, -0.2) is 25.8 Å². The van der Waals surface area contributed by atoms with Crippen LogP contribution in [0.1, 0.15) is 43.7 Å². The van der Waals surface area contributed by atoms with Crippen molar-refractivity contribution in [2.75, 3.05) is 24.6 Å². The highest BCUT2D eigenvalue weighted by Crippen LogP contribution is 2.31. The molecule has 2 aliphatic heterocycles. The summed E-state index contributed by atoms with van der Waals surface area (Å²) in [6.07, 6.45) is 6.35. The summed E-state index contributed by atoms with van der Waals surface area (Å²) in [7, 11) is 0. The van der Waals surface area contributed by atoms with Gasteiger partial charge >= 0.3 is 0 Å². The molecule has 0 aliphatic carbocycles. The first-order valence-corrected chi connectivity index (χ1v) is 7.55. The lowest BCUT2D eigenvalue weighted by atomic mass is 10.0. The quantitative estimate of drug-likeness (QED) is 0.908. The second-order valence-electron chi connectivity index (χ2n) is 5.72. The third-order valence-corrected chi connectivity index (χ3v) is 4.37. The summed E-state index contributed by atoms with van der Waals surface area (Å²) in [4.78, 5) is 2.50. The molecule has 0 amide bonds. The van der Waals surface area contributed by atoms with Crippen LogP contribution in [0.3, 0.4) is 0 Å². The summed E-state index contributed by atoms with van der Waals surface area (Å²) in [6.45, 7) is 3.16. The minimum Gasteiger partial charge on any atom is -0.378 e. The lowest BCUT2D eigenvalue weighted by Crippen LogP contribution is -2.28. The minimum absolute atomic E-state index is 0.198. The van der Waals surface area contributed by atoms with E-state index in [1.807, 2.05) is 0 Å². The summed E-state index contributed by atoms with van der Waals surface area (Å²) in [6, 6.07) is 8.82. The molecule has 1 saturated heterocycles. The lowest BCUT2D eigenvalue weighted by molar-refractivity contribution is 0.105. The van der Waals surface area contributed by atoms with Crippen LogP contribution in [0.25, 0.3) is 0 Å². The van der Waals surface area contributed by atoms with E-state index in [0.717, 1.165) is 32.5 Å². The van der Waals surface area contributed by atoms with Crippen LogP contribution in [0.15, 0.2) is 24.3 Å². The Hall–Kier alpha value is -1.06. The fourth-order valence-corrected chi connectivity index (χ4v) is 3.27. The average molecular weight is 260 g/mol. The van der Waals surface area contributed by atoms with E-state index in [4.69, 9.17) is 10.5 Å². The molecule has 2 N–H and O–H groups in total. The SMILES string of the molecule is NC1CCCN(CCC2CCCO2)c2ccccc21. The van der Waals surface area contributed by atoms with Crippen molar-refractivity contribution in [3.8, 4) is 0 Å². The van der Waals surface area contributed by atoms with Crippen LogP contribution in [0.5, 0.6) is 0 Å². The predicted octanol–water partition coefficient (Wildman–Crippen LogP) is 2.86. The van der Waals surface area contributed by atoms with Gasteiger partial charge in [-0.2, -0.15) is 0 Å². The molecule has 1 fully saturated rings. The molecule has 1 aromatic carbocycles. The summed E-state index contributed by atoms with van der Waals surface area (Å²) >= 11 is 0. The standard InChI is InChI=1S/C16H24N2O/c17-15-7-3-10-18(11-9-13-5-4-12-19-13)16-8-2-1-6-14(15)16/h1-2,6,8,13,15H,3-5,7,9-12,17H2. The minimum atomic E-state index is 0.198. The molecule has 0 bridgehead atoms. The average Bonchev–Trinajstić information content (AvgIpc) is 2.90. The second kappa shape index (κ2) is 5.93. The molecule has 1 aromatic rings. The first kappa shape index (κ1) is 12.9. The van der Waals surface area contributed by atoms with Gasteiger partial charge in [-0.25, -0.2) is 0 Å². The zero-order valence-electron chi connectivity index (χ0n) is 11.6. The summed E-state index contributed by atoms with van der Waals surface area (Å²) < 4.78 is 5.73. The number of nitrogens with zero attached hydrogens (tertiary/aromatic N) is 1. The van der Waals surface area contributed by atoms with E-state index in [-0.39, 0.29) is 6.04 Å². The predicted molar refractivity (Wildman–Crippen MR) is 78.4 cm³/mol. The molecule has 2 aliphatic rings. The van der Waals surface area contributed by atoms with Crippen LogP contribution >= 0.6 is 0 Å². The third-order valence-electron chi connectivity index (χ3n) is 4.37. The first-order valence-electron chi connectivity index (χ1n) is 7.55. The Labute approximate surface area is 115 Å². The van der Waals surface area contributed by atoms with Crippen molar-refractivity contribution >= 4 is 5.69 Å². The molecule has 3 nitrogen and oxygen atoms in total. The Bertz CT molecular complexity index is 415. The van der Waals surface area contributed by atoms with Gasteiger partial charge in [0.2, 0.25) is 0 Å². The van der Waals surface area contributed by atoms with E-state index in [1.54, 1.807) is 0 Å². The molecule has 2 atom stereocenters. The van der Waals surface area contributed by atoms with Crippen molar-refractivity contribution < 1.29 is 4.74 Å². The van der Waals surface area contributed by atoms with Gasteiger partial charge in [0.15, 0.2) is 0 Å². The largest absolute Gasteiger partial charge is 0.378 e. The number of nitrogens with two attached hydrogens (primary N) is 1. The van der Waals surface area contributed by atoms with Crippen molar-refractivity contribution in [2.45, 2.75) is 44.2 Å². The van der Waals surface area contributed by atoms with E-state index in [2.05, 4.69) is 29.2 Å². The molecule has 3 heteroatoms. The highest BCUT2D eigenvalue weighted by Gasteiger charge is 2.22. The highest BCUT2D eigenvalue weighted by atomic mass is 16.5. The molecule has 19 heavy (non-hydrogen) atoms. The Morgan fingerprint density at radius 1 is 1.21 bits per heavy atom. The van der Waals surface area contributed by atoms with Gasteiger partial charge in [-0.15, -0.1) is 0 Å². The number of rotatable bonds is 3. The number of hydrogen-bond donors (Lipinski definition) is 1. The van der Waals surface area contributed by atoms with Crippen LogP contribution in [0, 0.1) is 0 Å². The number of fused-ring (bicyclic) bond motifs is 1. The molecule has 0 spiro atoms. The van der Waals surface area contributed by atoms with Gasteiger partial charge in [-0.05, 0) is 43.7 Å². The normalized spacial score (nSPS) is 27.1. The molecule has 0 aromatic heterocycles. The Morgan fingerprint density at radius 2 is 2.11 bits per heavy atom. The zero-order valence-corrected chi connectivity index (χ0v) is 11.6. The van der Waals surface area contributed by atoms with Crippen LogP contribution < -0.4 is 10.6 Å². The highest BCUT2D eigenvalue weighted by molar-refractivity contribution is 5.55. The Balaban J connectivity index is 1.71. The van der Waals surface area contributed by atoms with Gasteiger partial charge in [0.05, 0.1) is 6.10 Å². The van der Waals surface area contributed by atoms with Crippen molar-refractivity contribution in [1.29, 1.82) is 0 Å². The van der Waals surface area contributed by atoms with Crippen molar-refractivity contribution in [3.05, 3.63) is 29.8 Å². The zero-order chi connectivity index (χ0) is 13.1. The number of ether oxygens (including phenoxy) is 1. The summed E-state index contributed by atoms with van der Waals surface area (Å²) in [5.41, 5.74) is 8.93. The number of benzene rings is 1. The monoisotopic (exact) mass is 260 g/mol. The first-order chi connectivity index (χ1) is 9.34. The van der Waals surface area contributed by atoms with Gasteiger partial charge in [0, 0.05) is 31.4 Å². The maximum Gasteiger partial charge on any atom is 0.0592 e. The van der Waals surface area contributed by atoms with Crippen molar-refractivity contribution in [3.63, 3.8) is 0 Å². The fourth-order valence-electron chi connectivity index (χ4n) is 3.27. The van der Waals surface area contributed by atoms with Gasteiger partial charge < -0.3 is 15.4 Å². The van der Waals surface area contributed by atoms with Crippen LogP contribution in [-0.2, 0) is 4.74 Å². The number of hydrogen-bond acceptors (Lipinski definition) is 3. The van der Waals surface area contributed by atoms with Crippen LogP contribution in [0.4, 0.5) is 5.69 Å². The number of anilines is 1. The summed E-state index contributed by atoms with van der Waals surface area (Å²) in [5.74, 6) is 0. The smallest absolute Gasteiger partial charge is 0.0592 e. The Morgan fingerprint density at radius 3 is 2.95 bits per heavy atom. The molecule has 0 saturated carbocycles. The maximum absolute atomic E-state index is 6.28. The maximum atomic E-state index is 6.28. The van der Waals surface area contributed by atoms with Gasteiger partial charge in [0.25, 0.3) is 0 Å². The molecule has 2 heterocycles.